The lowest BCUT2D eigenvalue weighted by molar-refractivity contribution is 0.601. The van der Waals surface area contributed by atoms with Crippen LogP contribution in [0.2, 0.25) is 0 Å². The predicted molar refractivity (Wildman–Crippen MR) is 57.5 cm³/mol. The van der Waals surface area contributed by atoms with Gasteiger partial charge in [0.15, 0.2) is 9.84 Å². The van der Waals surface area contributed by atoms with E-state index >= 15 is 0 Å². The van der Waals surface area contributed by atoms with Gasteiger partial charge in [0.1, 0.15) is 0 Å². The maximum atomic E-state index is 11.3. The summed E-state index contributed by atoms with van der Waals surface area (Å²) in [4.78, 5) is 0. The second-order valence-corrected chi connectivity index (χ2v) is 6.32. The largest absolute Gasteiger partial charge is 0.229 e. The van der Waals surface area contributed by atoms with Crippen molar-refractivity contribution in [2.45, 2.75) is 11.3 Å². The lowest BCUT2D eigenvalue weighted by Gasteiger charge is -2.11. The smallest absolute Gasteiger partial charge is 0.152 e. The van der Waals surface area contributed by atoms with E-state index in [1.54, 1.807) is 0 Å². The first kappa shape index (κ1) is 9.99. The highest BCUT2D eigenvalue weighted by atomic mass is 35.5. The van der Waals surface area contributed by atoms with Gasteiger partial charge in [-0.3, -0.25) is 0 Å². The van der Waals surface area contributed by atoms with Crippen molar-refractivity contribution in [3.05, 3.63) is 35.9 Å². The molecule has 14 heavy (non-hydrogen) atoms. The zero-order valence-electron chi connectivity index (χ0n) is 7.56. The van der Waals surface area contributed by atoms with Crippen molar-refractivity contribution in [1.82, 2.24) is 0 Å². The van der Waals surface area contributed by atoms with Crippen LogP contribution in [0, 0.1) is 0 Å². The molecule has 1 saturated heterocycles. The number of benzene rings is 1. The summed E-state index contributed by atoms with van der Waals surface area (Å²) in [6.45, 7) is 0. The van der Waals surface area contributed by atoms with Gasteiger partial charge < -0.3 is 0 Å². The molecule has 1 aliphatic heterocycles. The summed E-state index contributed by atoms with van der Waals surface area (Å²) in [7, 11) is -2.92. The molecule has 2 rings (SSSR count). The van der Waals surface area contributed by atoms with Gasteiger partial charge >= 0.3 is 0 Å². The molecule has 1 fully saturated rings. The molecule has 2 nitrogen and oxygen atoms in total. The van der Waals surface area contributed by atoms with Gasteiger partial charge in [0.05, 0.1) is 16.9 Å². The monoisotopic (exact) mass is 230 g/mol. The van der Waals surface area contributed by atoms with Crippen LogP contribution in [0.25, 0.3) is 0 Å². The van der Waals surface area contributed by atoms with Gasteiger partial charge in [-0.15, -0.1) is 11.6 Å². The Morgan fingerprint density at radius 2 is 1.79 bits per heavy atom. The van der Waals surface area contributed by atoms with Crippen LogP contribution < -0.4 is 0 Å². The van der Waals surface area contributed by atoms with E-state index in [0.29, 0.717) is 0 Å². The van der Waals surface area contributed by atoms with Gasteiger partial charge in [0, 0.05) is 5.92 Å². The number of hydrogen-bond acceptors (Lipinski definition) is 2. The minimum absolute atomic E-state index is 0.0390. The van der Waals surface area contributed by atoms with Gasteiger partial charge in [0.2, 0.25) is 0 Å². The van der Waals surface area contributed by atoms with Crippen molar-refractivity contribution < 1.29 is 8.42 Å². The second-order valence-electron chi connectivity index (χ2n) is 3.61. The van der Waals surface area contributed by atoms with Crippen molar-refractivity contribution >= 4 is 21.4 Å². The normalized spacial score (nSPS) is 30.4. The van der Waals surface area contributed by atoms with E-state index in [4.69, 9.17) is 11.6 Å². The van der Waals surface area contributed by atoms with Gasteiger partial charge in [-0.2, -0.15) is 0 Å². The third-order valence-corrected chi connectivity index (χ3v) is 4.89. The maximum absolute atomic E-state index is 11.3. The van der Waals surface area contributed by atoms with Crippen LogP contribution in [0.3, 0.4) is 0 Å². The Kier molecular flexibility index (Phi) is 2.54. The van der Waals surface area contributed by atoms with E-state index in [1.165, 1.54) is 0 Å². The van der Waals surface area contributed by atoms with Crippen LogP contribution in [0.5, 0.6) is 0 Å². The molecule has 4 heteroatoms. The van der Waals surface area contributed by atoms with E-state index < -0.39 is 9.84 Å². The first-order chi connectivity index (χ1) is 6.58. The molecule has 0 aliphatic carbocycles. The zero-order chi connectivity index (χ0) is 10.2. The van der Waals surface area contributed by atoms with Crippen LogP contribution in [0.1, 0.15) is 11.5 Å². The number of sulfone groups is 1. The molecule has 0 N–H and O–H groups in total. The molecule has 1 aromatic carbocycles. The molecular weight excluding hydrogens is 220 g/mol. The Bertz CT molecular complexity index is 413. The zero-order valence-corrected chi connectivity index (χ0v) is 9.13. The van der Waals surface area contributed by atoms with Crippen LogP contribution in [0.4, 0.5) is 0 Å². The SMILES string of the molecule is O=S1(=O)C[C@H](Cl)[C@H](c2ccccc2)C1. The lowest BCUT2D eigenvalue weighted by atomic mass is 9.99. The van der Waals surface area contributed by atoms with Crippen LogP contribution in [0.15, 0.2) is 30.3 Å². The number of rotatable bonds is 1. The van der Waals surface area contributed by atoms with E-state index in [2.05, 4.69) is 0 Å². The summed E-state index contributed by atoms with van der Waals surface area (Å²) in [5.41, 5.74) is 1.02. The minimum Gasteiger partial charge on any atom is -0.229 e. The van der Waals surface area contributed by atoms with Crippen molar-refractivity contribution in [3.8, 4) is 0 Å². The summed E-state index contributed by atoms with van der Waals surface area (Å²) in [6, 6.07) is 9.59. The van der Waals surface area contributed by atoms with Gasteiger partial charge in [-0.05, 0) is 5.56 Å². The van der Waals surface area contributed by atoms with E-state index in [-0.39, 0.29) is 22.8 Å². The molecule has 0 unspecified atom stereocenters. The molecule has 0 aromatic heterocycles. The molecule has 1 heterocycles. The standard InChI is InChI=1S/C10H11ClO2S/c11-10-7-14(12,13)6-9(10)8-4-2-1-3-5-8/h1-5,9-10H,6-7H2/t9-,10-/m0/s1. The fourth-order valence-electron chi connectivity index (χ4n) is 1.81. The van der Waals surface area contributed by atoms with Crippen molar-refractivity contribution in [1.29, 1.82) is 0 Å². The Labute approximate surface area is 88.8 Å². The number of hydrogen-bond donors (Lipinski definition) is 0. The molecule has 76 valence electrons. The average Bonchev–Trinajstić information content (AvgIpc) is 2.41. The van der Waals surface area contributed by atoms with Crippen molar-refractivity contribution in [2.75, 3.05) is 11.5 Å². The van der Waals surface area contributed by atoms with Gasteiger partial charge in [-0.25, -0.2) is 8.42 Å². The third-order valence-electron chi connectivity index (χ3n) is 2.51. The van der Waals surface area contributed by atoms with Crippen LogP contribution in [-0.4, -0.2) is 25.3 Å². The third kappa shape index (κ3) is 1.93. The highest BCUT2D eigenvalue weighted by Crippen LogP contribution is 2.32. The summed E-state index contributed by atoms with van der Waals surface area (Å²) in [5, 5.41) is -0.276. The lowest BCUT2D eigenvalue weighted by Crippen LogP contribution is -2.09. The summed E-state index contributed by atoms with van der Waals surface area (Å²) >= 11 is 6.02. The Balaban J connectivity index is 2.30. The summed E-state index contributed by atoms with van der Waals surface area (Å²) in [6.07, 6.45) is 0. The van der Waals surface area contributed by atoms with Gasteiger partial charge in [-0.1, -0.05) is 30.3 Å². The molecule has 1 aromatic rings. The first-order valence-electron chi connectivity index (χ1n) is 4.48. The van der Waals surface area contributed by atoms with Crippen molar-refractivity contribution in [2.24, 2.45) is 0 Å². The molecule has 0 saturated carbocycles. The Hall–Kier alpha value is -0.540. The minimum atomic E-state index is -2.92. The van der Waals surface area contributed by atoms with Crippen LogP contribution >= 0.6 is 11.6 Å². The molecule has 0 radical (unpaired) electrons. The summed E-state index contributed by atoms with van der Waals surface area (Å²) < 4.78 is 22.7. The molecule has 1 aliphatic rings. The first-order valence-corrected chi connectivity index (χ1v) is 6.74. The molecule has 0 bridgehead atoms. The molecular formula is C10H11ClO2S. The molecule has 0 spiro atoms. The highest BCUT2D eigenvalue weighted by molar-refractivity contribution is 7.91. The summed E-state index contributed by atoms with van der Waals surface area (Å²) in [5.74, 6) is 0.252. The molecule has 0 amide bonds. The maximum Gasteiger partial charge on any atom is 0.152 e. The second kappa shape index (κ2) is 3.55. The fourth-order valence-corrected chi connectivity index (χ4v) is 4.55. The number of halogens is 1. The van der Waals surface area contributed by atoms with Crippen LogP contribution in [-0.2, 0) is 9.84 Å². The predicted octanol–water partition coefficient (Wildman–Crippen LogP) is 1.81. The van der Waals surface area contributed by atoms with Gasteiger partial charge in [0.25, 0.3) is 0 Å². The number of alkyl halides is 1. The highest BCUT2D eigenvalue weighted by Gasteiger charge is 2.36. The van der Waals surface area contributed by atoms with Crippen molar-refractivity contribution in [3.63, 3.8) is 0 Å². The average molecular weight is 231 g/mol. The molecule has 2 atom stereocenters. The van der Waals surface area contributed by atoms with E-state index in [0.717, 1.165) is 5.56 Å². The fraction of sp³-hybridized carbons (Fsp3) is 0.400. The van der Waals surface area contributed by atoms with E-state index in [1.807, 2.05) is 30.3 Å². The topological polar surface area (TPSA) is 34.1 Å². The Morgan fingerprint density at radius 1 is 1.14 bits per heavy atom. The van der Waals surface area contributed by atoms with E-state index in [9.17, 15) is 8.42 Å². The Morgan fingerprint density at radius 3 is 2.29 bits per heavy atom. The quantitative estimate of drug-likeness (QED) is 0.690.